The highest BCUT2D eigenvalue weighted by Crippen LogP contribution is 2.14. The molecule has 6 nitrogen and oxygen atoms in total. The summed E-state index contributed by atoms with van der Waals surface area (Å²) in [5, 5.41) is 14.3. The van der Waals surface area contributed by atoms with Crippen LogP contribution in [0.15, 0.2) is 21.9 Å². The second-order valence-corrected chi connectivity index (χ2v) is 5.39. The summed E-state index contributed by atoms with van der Waals surface area (Å²) in [6.45, 7) is 3.59. The van der Waals surface area contributed by atoms with Crippen LogP contribution in [0.3, 0.4) is 0 Å². The molecule has 0 radical (unpaired) electrons. The third kappa shape index (κ3) is 4.03. The van der Waals surface area contributed by atoms with Crippen molar-refractivity contribution in [3.63, 3.8) is 0 Å². The van der Waals surface area contributed by atoms with E-state index in [1.807, 2.05) is 12.3 Å². The van der Waals surface area contributed by atoms with E-state index in [1.165, 1.54) is 23.5 Å². The van der Waals surface area contributed by atoms with Crippen LogP contribution < -0.4 is 5.32 Å². The number of carbonyl (C=O) groups is 2. The molecule has 0 aliphatic rings. The van der Waals surface area contributed by atoms with Crippen molar-refractivity contribution in [1.29, 1.82) is 0 Å². The largest absolute Gasteiger partial charge is 0.478 e. The Morgan fingerprint density at radius 3 is 2.81 bits per heavy atom. The molecule has 2 aromatic rings. The van der Waals surface area contributed by atoms with Gasteiger partial charge in [-0.1, -0.05) is 0 Å². The number of thiazole rings is 1. The summed E-state index contributed by atoms with van der Waals surface area (Å²) >= 11 is 1.51. The summed E-state index contributed by atoms with van der Waals surface area (Å²) in [6, 6.07) is 1.41. The normalized spacial score (nSPS) is 11.0. The molecule has 2 rings (SSSR count). The molecule has 0 spiro atoms. The fraction of sp³-hybridized carbons (Fsp3) is 0.214. The SMILES string of the molecule is Cc1nc(/C=C/C(=O)NCc2cc(C(=O)O)c(C)o2)cs1. The number of carboxylic acids is 1. The quantitative estimate of drug-likeness (QED) is 0.827. The number of nitrogens with one attached hydrogen (secondary N) is 1. The predicted octanol–water partition coefficient (Wildman–Crippen LogP) is 2.38. The standard InChI is InChI=1S/C14H14N2O4S/c1-8-12(14(18)19)5-11(20-8)6-15-13(17)4-3-10-7-21-9(2)16-10/h3-5,7H,6H2,1-2H3,(H,15,17)(H,18,19)/b4-3+. The molecule has 0 atom stereocenters. The van der Waals surface area contributed by atoms with Crippen molar-refractivity contribution < 1.29 is 19.1 Å². The molecule has 21 heavy (non-hydrogen) atoms. The van der Waals surface area contributed by atoms with E-state index in [0.717, 1.165) is 10.7 Å². The van der Waals surface area contributed by atoms with Crippen LogP contribution in [0, 0.1) is 13.8 Å². The Labute approximate surface area is 125 Å². The van der Waals surface area contributed by atoms with Gasteiger partial charge >= 0.3 is 5.97 Å². The Kier molecular flexibility index (Phi) is 4.54. The molecule has 0 aromatic carbocycles. The number of carbonyl (C=O) groups excluding carboxylic acids is 1. The number of rotatable bonds is 5. The average molecular weight is 306 g/mol. The summed E-state index contributed by atoms with van der Waals surface area (Å²) in [5.74, 6) is -0.629. The average Bonchev–Trinajstić information content (AvgIpc) is 3.00. The van der Waals surface area contributed by atoms with Gasteiger partial charge in [-0.05, 0) is 26.0 Å². The molecule has 2 aromatic heterocycles. The fourth-order valence-electron chi connectivity index (χ4n) is 1.69. The second kappa shape index (κ2) is 6.36. The van der Waals surface area contributed by atoms with Gasteiger partial charge in [-0.25, -0.2) is 9.78 Å². The van der Waals surface area contributed by atoms with Gasteiger partial charge in [-0.2, -0.15) is 0 Å². The Morgan fingerprint density at radius 1 is 1.48 bits per heavy atom. The summed E-state index contributed by atoms with van der Waals surface area (Å²) in [6.07, 6.45) is 3.00. The minimum Gasteiger partial charge on any atom is -0.478 e. The lowest BCUT2D eigenvalue weighted by Crippen LogP contribution is -2.19. The molecule has 0 saturated heterocycles. The number of nitrogens with zero attached hydrogens (tertiary/aromatic N) is 1. The van der Waals surface area contributed by atoms with Crippen LogP contribution in [0.4, 0.5) is 0 Å². The highest BCUT2D eigenvalue weighted by Gasteiger charge is 2.13. The maximum absolute atomic E-state index is 11.6. The highest BCUT2D eigenvalue weighted by molar-refractivity contribution is 7.09. The van der Waals surface area contributed by atoms with Gasteiger partial charge < -0.3 is 14.8 Å². The number of furan rings is 1. The molecule has 0 fully saturated rings. The number of hydrogen-bond acceptors (Lipinski definition) is 5. The Morgan fingerprint density at radius 2 is 2.24 bits per heavy atom. The van der Waals surface area contributed by atoms with E-state index < -0.39 is 5.97 Å². The zero-order valence-corrected chi connectivity index (χ0v) is 12.4. The van der Waals surface area contributed by atoms with Crippen molar-refractivity contribution in [2.24, 2.45) is 0 Å². The predicted molar refractivity (Wildman–Crippen MR) is 78.1 cm³/mol. The van der Waals surface area contributed by atoms with Gasteiger partial charge in [0, 0.05) is 11.5 Å². The zero-order chi connectivity index (χ0) is 15.4. The van der Waals surface area contributed by atoms with Crippen LogP contribution in [0.25, 0.3) is 6.08 Å². The topological polar surface area (TPSA) is 92.4 Å². The number of carboxylic acid groups (broad SMARTS) is 1. The first kappa shape index (κ1) is 15.0. The molecule has 0 bridgehead atoms. The van der Waals surface area contributed by atoms with Crippen molar-refractivity contribution in [3.8, 4) is 0 Å². The van der Waals surface area contributed by atoms with Gasteiger partial charge in [0.25, 0.3) is 0 Å². The number of aromatic nitrogens is 1. The monoisotopic (exact) mass is 306 g/mol. The molecule has 0 aliphatic heterocycles. The first-order valence-corrected chi connectivity index (χ1v) is 7.04. The van der Waals surface area contributed by atoms with Gasteiger partial charge in [0.2, 0.25) is 5.91 Å². The van der Waals surface area contributed by atoms with E-state index in [2.05, 4.69) is 10.3 Å². The van der Waals surface area contributed by atoms with Gasteiger partial charge in [-0.15, -0.1) is 11.3 Å². The van der Waals surface area contributed by atoms with Gasteiger partial charge in [0.05, 0.1) is 17.2 Å². The first-order chi connectivity index (χ1) is 9.95. The van der Waals surface area contributed by atoms with Crippen molar-refractivity contribution in [1.82, 2.24) is 10.3 Å². The van der Waals surface area contributed by atoms with Gasteiger partial charge in [0.1, 0.15) is 17.1 Å². The maximum Gasteiger partial charge on any atom is 0.339 e. The van der Waals surface area contributed by atoms with Gasteiger partial charge in [-0.3, -0.25) is 4.79 Å². The minimum atomic E-state index is -1.05. The molecule has 7 heteroatoms. The Hall–Kier alpha value is -2.41. The number of hydrogen-bond donors (Lipinski definition) is 2. The summed E-state index contributed by atoms with van der Waals surface area (Å²) in [4.78, 5) is 26.7. The lowest BCUT2D eigenvalue weighted by Gasteiger charge is -1.97. The van der Waals surface area contributed by atoms with Crippen LogP contribution >= 0.6 is 11.3 Å². The van der Waals surface area contributed by atoms with Crippen LogP contribution in [0.2, 0.25) is 0 Å². The molecular formula is C14H14N2O4S. The molecule has 2 heterocycles. The summed E-state index contributed by atoms with van der Waals surface area (Å²) in [5.41, 5.74) is 0.836. The molecule has 110 valence electrons. The molecule has 2 N–H and O–H groups in total. The Bertz CT molecular complexity index is 700. The van der Waals surface area contributed by atoms with E-state index in [0.29, 0.717) is 11.5 Å². The number of amides is 1. The second-order valence-electron chi connectivity index (χ2n) is 4.33. The van der Waals surface area contributed by atoms with Crippen molar-refractivity contribution in [2.45, 2.75) is 20.4 Å². The highest BCUT2D eigenvalue weighted by atomic mass is 32.1. The van der Waals surface area contributed by atoms with Gasteiger partial charge in [0.15, 0.2) is 0 Å². The smallest absolute Gasteiger partial charge is 0.339 e. The lowest BCUT2D eigenvalue weighted by molar-refractivity contribution is -0.116. The van der Waals surface area contributed by atoms with Crippen molar-refractivity contribution >= 4 is 29.3 Å². The Balaban J connectivity index is 1.90. The minimum absolute atomic E-state index is 0.104. The maximum atomic E-state index is 11.6. The van der Waals surface area contributed by atoms with E-state index in [1.54, 1.807) is 13.0 Å². The number of aromatic carboxylic acids is 1. The van der Waals surface area contributed by atoms with Crippen molar-refractivity contribution in [3.05, 3.63) is 45.3 Å². The van der Waals surface area contributed by atoms with Crippen LogP contribution in [0.5, 0.6) is 0 Å². The first-order valence-electron chi connectivity index (χ1n) is 6.16. The van der Waals surface area contributed by atoms with Crippen LogP contribution in [-0.4, -0.2) is 22.0 Å². The van der Waals surface area contributed by atoms with Crippen molar-refractivity contribution in [2.75, 3.05) is 0 Å². The lowest BCUT2D eigenvalue weighted by atomic mass is 10.2. The molecule has 0 saturated carbocycles. The summed E-state index contributed by atoms with van der Waals surface area (Å²) < 4.78 is 5.26. The zero-order valence-electron chi connectivity index (χ0n) is 11.5. The summed E-state index contributed by atoms with van der Waals surface area (Å²) in [7, 11) is 0. The third-order valence-corrected chi connectivity index (χ3v) is 3.47. The third-order valence-electron chi connectivity index (χ3n) is 2.68. The van der Waals surface area contributed by atoms with E-state index in [9.17, 15) is 9.59 Å². The fourth-order valence-corrected chi connectivity index (χ4v) is 2.27. The van der Waals surface area contributed by atoms with E-state index in [-0.39, 0.29) is 18.0 Å². The number of aryl methyl sites for hydroxylation is 2. The molecule has 0 aliphatic carbocycles. The van der Waals surface area contributed by atoms with Crippen LogP contribution in [-0.2, 0) is 11.3 Å². The van der Waals surface area contributed by atoms with E-state index in [4.69, 9.17) is 9.52 Å². The molecular weight excluding hydrogens is 292 g/mol. The van der Waals surface area contributed by atoms with E-state index >= 15 is 0 Å². The molecule has 1 amide bonds. The molecule has 0 unspecified atom stereocenters. The van der Waals surface area contributed by atoms with Crippen LogP contribution in [0.1, 0.15) is 32.6 Å².